The highest BCUT2D eigenvalue weighted by atomic mass is 16.5. The lowest BCUT2D eigenvalue weighted by molar-refractivity contribution is 0.357. The zero-order valence-electron chi connectivity index (χ0n) is 13.3. The fourth-order valence-corrected chi connectivity index (χ4v) is 2.74. The normalized spacial score (nSPS) is 13.5. The first-order chi connectivity index (χ1) is 11.3. The number of fused-ring (bicyclic) bond motifs is 1. The highest BCUT2D eigenvalue weighted by Crippen LogP contribution is 2.25. The SMILES string of the molecule is NC(=NCCc1ccccc1)NCCc1ccc2c(c1)CCO2. The van der Waals surface area contributed by atoms with E-state index in [4.69, 9.17) is 10.5 Å². The van der Waals surface area contributed by atoms with E-state index in [1.165, 1.54) is 16.7 Å². The standard InChI is InChI=1S/C19H23N3O/c20-19(21-11-8-15-4-2-1-3-5-15)22-12-9-16-6-7-18-17(14-16)10-13-23-18/h1-7,14H,8-13H2,(H3,20,21,22). The van der Waals surface area contributed by atoms with Crippen LogP contribution >= 0.6 is 0 Å². The van der Waals surface area contributed by atoms with Crippen LogP contribution in [0.5, 0.6) is 5.75 Å². The van der Waals surface area contributed by atoms with Crippen molar-refractivity contribution in [3.63, 3.8) is 0 Å². The number of hydrogen-bond acceptors (Lipinski definition) is 2. The minimum Gasteiger partial charge on any atom is -0.493 e. The van der Waals surface area contributed by atoms with E-state index in [-0.39, 0.29) is 0 Å². The van der Waals surface area contributed by atoms with Crippen LogP contribution in [0.2, 0.25) is 0 Å². The van der Waals surface area contributed by atoms with Gasteiger partial charge in [-0.1, -0.05) is 42.5 Å². The smallest absolute Gasteiger partial charge is 0.188 e. The van der Waals surface area contributed by atoms with Gasteiger partial charge in [0.15, 0.2) is 5.96 Å². The molecule has 0 spiro atoms. The Morgan fingerprint density at radius 2 is 1.96 bits per heavy atom. The summed E-state index contributed by atoms with van der Waals surface area (Å²) >= 11 is 0. The molecule has 23 heavy (non-hydrogen) atoms. The summed E-state index contributed by atoms with van der Waals surface area (Å²) in [5.41, 5.74) is 9.81. The van der Waals surface area contributed by atoms with Gasteiger partial charge >= 0.3 is 0 Å². The molecular formula is C19H23N3O. The molecule has 120 valence electrons. The van der Waals surface area contributed by atoms with Gasteiger partial charge in [-0.2, -0.15) is 0 Å². The molecule has 3 N–H and O–H groups in total. The van der Waals surface area contributed by atoms with E-state index >= 15 is 0 Å². The Bertz CT molecular complexity index is 668. The molecule has 0 saturated heterocycles. The van der Waals surface area contributed by atoms with Crippen LogP contribution in [0.25, 0.3) is 0 Å². The molecule has 0 unspecified atom stereocenters. The third-order valence-corrected chi connectivity index (χ3v) is 4.00. The van der Waals surface area contributed by atoms with Crippen LogP contribution in [-0.2, 0) is 19.3 Å². The van der Waals surface area contributed by atoms with E-state index in [0.29, 0.717) is 12.5 Å². The van der Waals surface area contributed by atoms with Crippen molar-refractivity contribution >= 4 is 5.96 Å². The number of guanidine groups is 1. The lowest BCUT2D eigenvalue weighted by Crippen LogP contribution is -2.33. The first-order valence-electron chi connectivity index (χ1n) is 8.13. The number of nitrogens with one attached hydrogen (secondary N) is 1. The summed E-state index contributed by atoms with van der Waals surface area (Å²) in [7, 11) is 0. The van der Waals surface area contributed by atoms with Crippen LogP contribution in [0.15, 0.2) is 53.5 Å². The maximum absolute atomic E-state index is 5.91. The predicted molar refractivity (Wildman–Crippen MR) is 94.0 cm³/mol. The first-order valence-corrected chi connectivity index (χ1v) is 8.13. The van der Waals surface area contributed by atoms with Gasteiger partial charge in [-0.25, -0.2) is 0 Å². The maximum Gasteiger partial charge on any atom is 0.188 e. The van der Waals surface area contributed by atoms with Gasteiger partial charge in [-0.05, 0) is 35.6 Å². The van der Waals surface area contributed by atoms with Crippen molar-refractivity contribution in [2.75, 3.05) is 19.7 Å². The average molecular weight is 309 g/mol. The van der Waals surface area contributed by atoms with E-state index in [2.05, 4.69) is 40.6 Å². The molecule has 1 heterocycles. The largest absolute Gasteiger partial charge is 0.493 e. The summed E-state index contributed by atoms with van der Waals surface area (Å²) in [6, 6.07) is 16.7. The molecule has 1 aliphatic rings. The van der Waals surface area contributed by atoms with Gasteiger partial charge in [0.1, 0.15) is 5.75 Å². The van der Waals surface area contributed by atoms with Gasteiger partial charge in [0.05, 0.1) is 6.61 Å². The Kier molecular flexibility index (Phi) is 5.14. The molecule has 1 aliphatic heterocycles. The van der Waals surface area contributed by atoms with Crippen LogP contribution in [-0.4, -0.2) is 25.7 Å². The zero-order valence-corrected chi connectivity index (χ0v) is 13.3. The molecule has 3 rings (SSSR count). The fourth-order valence-electron chi connectivity index (χ4n) is 2.74. The third kappa shape index (κ3) is 4.49. The van der Waals surface area contributed by atoms with Crippen LogP contribution in [0.1, 0.15) is 16.7 Å². The molecule has 0 aliphatic carbocycles. The molecule has 0 fully saturated rings. The Morgan fingerprint density at radius 1 is 1.09 bits per heavy atom. The molecule has 4 nitrogen and oxygen atoms in total. The summed E-state index contributed by atoms with van der Waals surface area (Å²) in [6.45, 7) is 2.30. The lowest BCUT2D eigenvalue weighted by atomic mass is 10.1. The van der Waals surface area contributed by atoms with Crippen molar-refractivity contribution in [1.29, 1.82) is 0 Å². The van der Waals surface area contributed by atoms with Gasteiger partial charge < -0.3 is 15.8 Å². The summed E-state index contributed by atoms with van der Waals surface area (Å²) in [5.74, 6) is 1.55. The molecule has 0 amide bonds. The number of benzene rings is 2. The van der Waals surface area contributed by atoms with Gasteiger partial charge in [-0.3, -0.25) is 4.99 Å². The number of aliphatic imine (C=N–C) groups is 1. The van der Waals surface area contributed by atoms with Crippen molar-refractivity contribution in [1.82, 2.24) is 5.32 Å². The minimum absolute atomic E-state index is 0.519. The highest BCUT2D eigenvalue weighted by molar-refractivity contribution is 5.77. The van der Waals surface area contributed by atoms with Crippen LogP contribution in [0.3, 0.4) is 0 Å². The van der Waals surface area contributed by atoms with Crippen LogP contribution in [0.4, 0.5) is 0 Å². The molecule has 4 heteroatoms. The van der Waals surface area contributed by atoms with E-state index in [1.54, 1.807) is 0 Å². The van der Waals surface area contributed by atoms with E-state index in [1.807, 2.05) is 18.2 Å². The van der Waals surface area contributed by atoms with Crippen molar-refractivity contribution in [3.8, 4) is 5.75 Å². The molecule has 0 aromatic heterocycles. The maximum atomic E-state index is 5.91. The summed E-state index contributed by atoms with van der Waals surface area (Å²) < 4.78 is 5.52. The zero-order chi connectivity index (χ0) is 15.9. The summed E-state index contributed by atoms with van der Waals surface area (Å²) in [6.07, 6.45) is 2.86. The Morgan fingerprint density at radius 3 is 2.83 bits per heavy atom. The second-order valence-electron chi connectivity index (χ2n) is 5.72. The number of hydrogen-bond donors (Lipinski definition) is 2. The third-order valence-electron chi connectivity index (χ3n) is 4.00. The summed E-state index contributed by atoms with van der Waals surface area (Å²) in [5, 5.41) is 3.18. The quantitative estimate of drug-likeness (QED) is 0.636. The van der Waals surface area contributed by atoms with E-state index in [9.17, 15) is 0 Å². The molecule has 0 radical (unpaired) electrons. The van der Waals surface area contributed by atoms with Crippen molar-refractivity contribution in [2.45, 2.75) is 19.3 Å². The molecule has 2 aromatic carbocycles. The summed E-state index contributed by atoms with van der Waals surface area (Å²) in [4.78, 5) is 4.37. The Balaban J connectivity index is 1.40. The number of rotatable bonds is 6. The van der Waals surface area contributed by atoms with E-state index < -0.39 is 0 Å². The van der Waals surface area contributed by atoms with Gasteiger partial charge in [0.25, 0.3) is 0 Å². The molecular weight excluding hydrogens is 286 g/mol. The molecule has 0 saturated carbocycles. The number of nitrogens with two attached hydrogens (primary N) is 1. The second kappa shape index (κ2) is 7.68. The van der Waals surface area contributed by atoms with Gasteiger partial charge in [0.2, 0.25) is 0 Å². The van der Waals surface area contributed by atoms with Gasteiger partial charge in [0, 0.05) is 19.5 Å². The van der Waals surface area contributed by atoms with Crippen LogP contribution < -0.4 is 15.8 Å². The fraction of sp³-hybridized carbons (Fsp3) is 0.316. The monoisotopic (exact) mass is 309 g/mol. The second-order valence-corrected chi connectivity index (χ2v) is 5.72. The van der Waals surface area contributed by atoms with E-state index in [0.717, 1.165) is 38.2 Å². The topological polar surface area (TPSA) is 59.6 Å². The Hall–Kier alpha value is -2.49. The molecule has 0 bridgehead atoms. The van der Waals surface area contributed by atoms with Crippen LogP contribution in [0, 0.1) is 0 Å². The average Bonchev–Trinajstić information content (AvgIpc) is 3.03. The first kappa shape index (κ1) is 15.4. The molecule has 2 aromatic rings. The highest BCUT2D eigenvalue weighted by Gasteiger charge is 2.11. The van der Waals surface area contributed by atoms with Crippen molar-refractivity contribution in [3.05, 3.63) is 65.2 Å². The van der Waals surface area contributed by atoms with Crippen molar-refractivity contribution < 1.29 is 4.74 Å². The lowest BCUT2D eigenvalue weighted by Gasteiger charge is -2.07. The minimum atomic E-state index is 0.519. The van der Waals surface area contributed by atoms with Crippen molar-refractivity contribution in [2.24, 2.45) is 10.7 Å². The number of nitrogens with zero attached hydrogens (tertiary/aromatic N) is 1. The Labute approximate surface area is 137 Å². The van der Waals surface area contributed by atoms with Gasteiger partial charge in [-0.15, -0.1) is 0 Å². The number of ether oxygens (including phenoxy) is 1. The molecule has 0 atom stereocenters. The predicted octanol–water partition coefficient (Wildman–Crippen LogP) is 2.31.